The van der Waals surface area contributed by atoms with Gasteiger partial charge in [-0.2, -0.15) is 0 Å². The molecule has 7 heteroatoms. The van der Waals surface area contributed by atoms with Crippen molar-refractivity contribution in [3.8, 4) is 0 Å². The largest absolute Gasteiger partial charge is 0.339 e. The van der Waals surface area contributed by atoms with E-state index in [1.165, 1.54) is 0 Å². The quantitative estimate of drug-likeness (QED) is 0.743. The molecule has 0 spiro atoms. The molecule has 1 aromatic rings. The lowest BCUT2D eigenvalue weighted by Crippen LogP contribution is -2.50. The van der Waals surface area contributed by atoms with Crippen molar-refractivity contribution in [1.29, 1.82) is 0 Å². The van der Waals surface area contributed by atoms with Crippen LogP contribution in [0.1, 0.15) is 20.7 Å². The van der Waals surface area contributed by atoms with Crippen molar-refractivity contribution in [1.82, 2.24) is 14.7 Å². The van der Waals surface area contributed by atoms with E-state index in [1.54, 1.807) is 29.2 Å². The number of likely N-dealkylation sites (N-methyl/N-ethyl adjacent to an activating group) is 1. The highest BCUT2D eigenvalue weighted by molar-refractivity contribution is 6.22. The van der Waals surface area contributed by atoms with Crippen LogP contribution < -0.4 is 0 Å². The Kier molecular flexibility index (Phi) is 4.83. The van der Waals surface area contributed by atoms with Gasteiger partial charge < -0.3 is 9.80 Å². The molecule has 3 amide bonds. The first-order chi connectivity index (χ1) is 10.1. The fraction of sp³-hybridized carbons (Fsp3) is 0.400. The first-order valence-electron chi connectivity index (χ1n) is 6.99. The Morgan fingerprint density at radius 2 is 1.50 bits per heavy atom. The summed E-state index contributed by atoms with van der Waals surface area (Å²) in [5.41, 5.74) is 0.766. The van der Waals surface area contributed by atoms with Crippen LogP contribution in [0.25, 0.3) is 0 Å². The summed E-state index contributed by atoms with van der Waals surface area (Å²) < 4.78 is 0. The van der Waals surface area contributed by atoms with E-state index in [4.69, 9.17) is 0 Å². The average Bonchev–Trinajstić information content (AvgIpc) is 2.73. The molecule has 2 aliphatic heterocycles. The number of benzene rings is 1. The SMILES string of the molecule is CN1CCN(C(=O)CN2C(=O)c3ccccc3C2=O)CC1.Cl. The van der Waals surface area contributed by atoms with Crippen molar-refractivity contribution >= 4 is 30.1 Å². The highest BCUT2D eigenvalue weighted by Gasteiger charge is 2.37. The molecule has 22 heavy (non-hydrogen) atoms. The second-order valence-electron chi connectivity index (χ2n) is 5.43. The molecule has 0 radical (unpaired) electrons. The minimum atomic E-state index is -0.377. The normalized spacial score (nSPS) is 18.2. The number of imide groups is 1. The standard InChI is InChI=1S/C15H17N3O3.ClH/c1-16-6-8-17(9-7-16)13(19)10-18-14(20)11-4-2-3-5-12(11)15(18)21;/h2-5H,6-10H2,1H3;1H. The number of nitrogens with zero attached hydrogens (tertiary/aromatic N) is 3. The van der Waals surface area contributed by atoms with Gasteiger partial charge in [0.25, 0.3) is 11.8 Å². The number of fused-ring (bicyclic) bond motifs is 1. The highest BCUT2D eigenvalue weighted by atomic mass is 35.5. The topological polar surface area (TPSA) is 60.9 Å². The van der Waals surface area contributed by atoms with E-state index < -0.39 is 0 Å². The molecule has 3 rings (SSSR count). The van der Waals surface area contributed by atoms with Gasteiger partial charge in [-0.15, -0.1) is 12.4 Å². The van der Waals surface area contributed by atoms with Crippen LogP contribution in [0.4, 0.5) is 0 Å². The molecule has 0 atom stereocenters. The first kappa shape index (κ1) is 16.5. The van der Waals surface area contributed by atoms with Crippen LogP contribution in [0.15, 0.2) is 24.3 Å². The van der Waals surface area contributed by atoms with Gasteiger partial charge in [-0.1, -0.05) is 12.1 Å². The number of carbonyl (C=O) groups is 3. The van der Waals surface area contributed by atoms with Gasteiger partial charge in [0.05, 0.1) is 11.1 Å². The maximum absolute atomic E-state index is 12.3. The summed E-state index contributed by atoms with van der Waals surface area (Å²) in [5, 5.41) is 0. The van der Waals surface area contributed by atoms with Gasteiger partial charge in [-0.25, -0.2) is 0 Å². The number of hydrogen-bond donors (Lipinski definition) is 0. The van der Waals surface area contributed by atoms with E-state index in [2.05, 4.69) is 4.90 Å². The maximum atomic E-state index is 12.3. The predicted molar refractivity (Wildman–Crippen MR) is 83.1 cm³/mol. The number of carbonyl (C=O) groups excluding carboxylic acids is 3. The third-order valence-corrected chi connectivity index (χ3v) is 4.03. The lowest BCUT2D eigenvalue weighted by molar-refractivity contribution is -0.133. The Bertz CT molecular complexity index is 577. The van der Waals surface area contributed by atoms with Gasteiger partial charge in [-0.3, -0.25) is 19.3 Å². The molecule has 0 bridgehead atoms. The van der Waals surface area contributed by atoms with Crippen molar-refractivity contribution in [3.63, 3.8) is 0 Å². The molecule has 1 aromatic carbocycles. The van der Waals surface area contributed by atoms with E-state index in [1.807, 2.05) is 7.05 Å². The number of amides is 3. The van der Waals surface area contributed by atoms with Gasteiger partial charge in [0.2, 0.25) is 5.91 Å². The second kappa shape index (κ2) is 6.46. The van der Waals surface area contributed by atoms with Gasteiger partial charge in [-0.05, 0) is 19.2 Å². The van der Waals surface area contributed by atoms with Gasteiger partial charge in [0.15, 0.2) is 0 Å². The Morgan fingerprint density at radius 3 is 2.00 bits per heavy atom. The number of halogens is 1. The van der Waals surface area contributed by atoms with Crippen LogP contribution in [0.3, 0.4) is 0 Å². The summed E-state index contributed by atoms with van der Waals surface area (Å²) >= 11 is 0. The van der Waals surface area contributed by atoms with Crippen molar-refractivity contribution < 1.29 is 14.4 Å². The van der Waals surface area contributed by atoms with Crippen LogP contribution in [-0.4, -0.2) is 72.2 Å². The Balaban J connectivity index is 0.00000176. The molecular weight excluding hydrogens is 306 g/mol. The molecule has 118 valence electrons. The zero-order valence-corrected chi connectivity index (χ0v) is 13.1. The smallest absolute Gasteiger partial charge is 0.262 e. The zero-order chi connectivity index (χ0) is 15.0. The minimum absolute atomic E-state index is 0. The third kappa shape index (κ3) is 2.84. The van der Waals surface area contributed by atoms with Crippen LogP contribution in [-0.2, 0) is 4.79 Å². The molecule has 0 N–H and O–H groups in total. The molecular formula is C15H18ClN3O3. The Labute approximate surface area is 135 Å². The lowest BCUT2D eigenvalue weighted by atomic mass is 10.1. The van der Waals surface area contributed by atoms with Gasteiger partial charge in [0.1, 0.15) is 6.54 Å². The number of rotatable bonds is 2. The van der Waals surface area contributed by atoms with Crippen LogP contribution in [0, 0.1) is 0 Å². The van der Waals surface area contributed by atoms with Gasteiger partial charge in [0, 0.05) is 26.2 Å². The van der Waals surface area contributed by atoms with E-state index in [0.29, 0.717) is 24.2 Å². The summed E-state index contributed by atoms with van der Waals surface area (Å²) in [5.74, 6) is -0.922. The van der Waals surface area contributed by atoms with E-state index in [-0.39, 0.29) is 36.7 Å². The van der Waals surface area contributed by atoms with Crippen molar-refractivity contribution in [2.45, 2.75) is 0 Å². The lowest BCUT2D eigenvalue weighted by Gasteiger charge is -2.33. The number of hydrogen-bond acceptors (Lipinski definition) is 4. The van der Waals surface area contributed by atoms with E-state index >= 15 is 0 Å². The summed E-state index contributed by atoms with van der Waals surface area (Å²) in [6.45, 7) is 2.73. The average molecular weight is 324 g/mol. The monoisotopic (exact) mass is 323 g/mol. The molecule has 0 aromatic heterocycles. The number of piperazine rings is 1. The fourth-order valence-electron chi connectivity index (χ4n) is 2.67. The summed E-state index contributed by atoms with van der Waals surface area (Å²) in [7, 11) is 2.01. The zero-order valence-electron chi connectivity index (χ0n) is 12.3. The second-order valence-corrected chi connectivity index (χ2v) is 5.43. The molecule has 6 nitrogen and oxygen atoms in total. The summed E-state index contributed by atoms with van der Waals surface area (Å²) in [6, 6.07) is 6.68. The molecule has 1 fully saturated rings. The van der Waals surface area contributed by atoms with Crippen molar-refractivity contribution in [2.24, 2.45) is 0 Å². The molecule has 1 saturated heterocycles. The highest BCUT2D eigenvalue weighted by Crippen LogP contribution is 2.22. The Hall–Kier alpha value is -1.92. The molecule has 0 saturated carbocycles. The summed E-state index contributed by atoms with van der Waals surface area (Å²) in [4.78, 5) is 41.6. The maximum Gasteiger partial charge on any atom is 0.262 e. The van der Waals surface area contributed by atoms with E-state index in [9.17, 15) is 14.4 Å². The minimum Gasteiger partial charge on any atom is -0.339 e. The molecule has 0 unspecified atom stereocenters. The van der Waals surface area contributed by atoms with E-state index in [0.717, 1.165) is 18.0 Å². The third-order valence-electron chi connectivity index (χ3n) is 4.03. The van der Waals surface area contributed by atoms with Crippen molar-refractivity contribution in [2.75, 3.05) is 39.8 Å². The molecule has 0 aliphatic carbocycles. The van der Waals surface area contributed by atoms with Crippen LogP contribution >= 0.6 is 12.4 Å². The molecule has 2 heterocycles. The van der Waals surface area contributed by atoms with Gasteiger partial charge >= 0.3 is 0 Å². The Morgan fingerprint density at radius 1 is 1.00 bits per heavy atom. The predicted octanol–water partition coefficient (Wildman–Crippen LogP) is 0.478. The fourth-order valence-corrected chi connectivity index (χ4v) is 2.67. The van der Waals surface area contributed by atoms with Crippen LogP contribution in [0.5, 0.6) is 0 Å². The first-order valence-corrected chi connectivity index (χ1v) is 6.99. The summed E-state index contributed by atoms with van der Waals surface area (Å²) in [6.07, 6.45) is 0. The van der Waals surface area contributed by atoms with Crippen LogP contribution in [0.2, 0.25) is 0 Å². The molecule has 2 aliphatic rings. The van der Waals surface area contributed by atoms with Crippen molar-refractivity contribution in [3.05, 3.63) is 35.4 Å².